The highest BCUT2D eigenvalue weighted by atomic mass is 16.6. The molecule has 11 heteroatoms. The first-order chi connectivity index (χ1) is 12.5. The molecule has 0 aliphatic carbocycles. The van der Waals surface area contributed by atoms with Gasteiger partial charge in [-0.15, -0.1) is 0 Å². The van der Waals surface area contributed by atoms with Crippen molar-refractivity contribution in [3.05, 3.63) is 10.4 Å². The van der Waals surface area contributed by atoms with E-state index in [1.807, 2.05) is 4.90 Å². The Morgan fingerprint density at radius 2 is 1.92 bits per heavy atom. The molecule has 0 bridgehead atoms. The number of aliphatic hydroxyl groups is 3. The lowest BCUT2D eigenvalue weighted by molar-refractivity contribution is -0.0504. The minimum atomic E-state index is -1.31. The van der Waals surface area contributed by atoms with Crippen LogP contribution in [-0.4, -0.2) is 72.8 Å². The van der Waals surface area contributed by atoms with Crippen LogP contribution in [0, 0.1) is 0 Å². The summed E-state index contributed by atoms with van der Waals surface area (Å²) in [6, 6.07) is 0. The average molecular weight is 366 g/mol. The van der Waals surface area contributed by atoms with Crippen molar-refractivity contribution in [1.29, 1.82) is 0 Å². The van der Waals surface area contributed by atoms with Crippen molar-refractivity contribution in [2.45, 2.75) is 43.8 Å². The summed E-state index contributed by atoms with van der Waals surface area (Å²) in [6.07, 6.45) is -1.50. The molecule has 4 atom stereocenters. The normalized spacial score (nSPS) is 29.6. The van der Waals surface area contributed by atoms with Crippen LogP contribution in [0.1, 0.15) is 25.5 Å². The van der Waals surface area contributed by atoms with Crippen LogP contribution in [0.2, 0.25) is 0 Å². The van der Waals surface area contributed by atoms with Gasteiger partial charge in [0.2, 0.25) is 11.9 Å². The predicted octanol–water partition coefficient (Wildman–Crippen LogP) is -1.70. The van der Waals surface area contributed by atoms with E-state index in [0.29, 0.717) is 5.95 Å². The summed E-state index contributed by atoms with van der Waals surface area (Å²) in [5.41, 5.74) is 5.44. The van der Waals surface area contributed by atoms with E-state index in [1.54, 1.807) is 0 Å². The number of imidazole rings is 1. The zero-order chi connectivity index (χ0) is 18.4. The zero-order valence-electron chi connectivity index (χ0n) is 14.1. The number of anilines is 2. The molecule has 2 aromatic rings. The molecule has 2 aromatic heterocycles. The number of nitrogens with zero attached hydrogens (tertiary/aromatic N) is 4. The second-order valence-electron chi connectivity index (χ2n) is 6.68. The molecule has 0 unspecified atom stereocenters. The molecule has 2 aliphatic rings. The molecular formula is C15H22N6O5. The maximum absolute atomic E-state index is 12.3. The van der Waals surface area contributed by atoms with Crippen molar-refractivity contribution in [3.63, 3.8) is 0 Å². The molecular weight excluding hydrogens is 344 g/mol. The SMILES string of the molecule is Nc1nc2c(nc(N3CCCCC3)n2[C@@H]2O[C@H](CO)[C@H](O)[C@H]2O)c(=O)[nH]1. The Morgan fingerprint density at radius 3 is 2.58 bits per heavy atom. The molecule has 11 nitrogen and oxygen atoms in total. The number of ether oxygens (including phenoxy) is 1. The number of nitrogen functional groups attached to an aromatic ring is 1. The number of hydrogen-bond acceptors (Lipinski definition) is 9. The molecule has 0 radical (unpaired) electrons. The van der Waals surface area contributed by atoms with E-state index in [2.05, 4.69) is 15.0 Å². The van der Waals surface area contributed by atoms with Gasteiger partial charge in [-0.05, 0) is 19.3 Å². The number of H-pyrrole nitrogens is 1. The van der Waals surface area contributed by atoms with Crippen LogP contribution in [0.15, 0.2) is 4.79 Å². The maximum Gasteiger partial charge on any atom is 0.280 e. The van der Waals surface area contributed by atoms with Crippen molar-refractivity contribution in [2.24, 2.45) is 0 Å². The Hall–Kier alpha value is -2.21. The van der Waals surface area contributed by atoms with Gasteiger partial charge >= 0.3 is 0 Å². The lowest BCUT2D eigenvalue weighted by Crippen LogP contribution is -2.35. The molecule has 4 heterocycles. The lowest BCUT2D eigenvalue weighted by atomic mass is 10.1. The van der Waals surface area contributed by atoms with Gasteiger partial charge in [-0.1, -0.05) is 0 Å². The standard InChI is InChI=1S/C15H22N6O5/c16-14-18-11-8(12(25)19-14)17-15(20-4-2-1-3-5-20)21(11)13-10(24)9(23)7(6-22)26-13/h7,9-10,13,22-24H,1-6H2,(H3,16,18,19,25)/t7-,9+,10-,13-/m1/s1. The monoisotopic (exact) mass is 366 g/mol. The summed E-state index contributed by atoms with van der Waals surface area (Å²) in [5.74, 6) is 0.346. The van der Waals surface area contributed by atoms with Crippen molar-refractivity contribution in [1.82, 2.24) is 19.5 Å². The number of hydrogen-bond donors (Lipinski definition) is 5. The van der Waals surface area contributed by atoms with Gasteiger partial charge in [-0.25, -0.2) is 4.98 Å². The van der Waals surface area contributed by atoms with E-state index in [1.165, 1.54) is 4.57 Å². The highest BCUT2D eigenvalue weighted by molar-refractivity contribution is 5.75. The molecule has 26 heavy (non-hydrogen) atoms. The largest absolute Gasteiger partial charge is 0.394 e. The fourth-order valence-corrected chi connectivity index (χ4v) is 3.63. The van der Waals surface area contributed by atoms with Crippen LogP contribution < -0.4 is 16.2 Å². The number of rotatable bonds is 3. The Balaban J connectivity index is 1.89. The second kappa shape index (κ2) is 6.50. The third kappa shape index (κ3) is 2.63. The summed E-state index contributed by atoms with van der Waals surface area (Å²) >= 11 is 0. The summed E-state index contributed by atoms with van der Waals surface area (Å²) in [6.45, 7) is 1.04. The average Bonchev–Trinajstić information content (AvgIpc) is 3.14. The maximum atomic E-state index is 12.3. The quantitative estimate of drug-likeness (QED) is 0.426. The first kappa shape index (κ1) is 17.2. The van der Waals surface area contributed by atoms with Gasteiger partial charge in [0.15, 0.2) is 17.4 Å². The number of piperidine rings is 1. The number of aliphatic hydroxyl groups excluding tert-OH is 3. The third-order valence-electron chi connectivity index (χ3n) is 4.96. The second-order valence-corrected chi connectivity index (χ2v) is 6.68. The zero-order valence-corrected chi connectivity index (χ0v) is 14.1. The number of nitrogens with one attached hydrogen (secondary N) is 1. The van der Waals surface area contributed by atoms with Crippen molar-refractivity contribution < 1.29 is 20.1 Å². The van der Waals surface area contributed by atoms with Crippen LogP contribution in [-0.2, 0) is 4.74 Å². The summed E-state index contributed by atoms with van der Waals surface area (Å²) < 4.78 is 7.15. The molecule has 2 aliphatic heterocycles. The van der Waals surface area contributed by atoms with Gasteiger partial charge in [0.1, 0.15) is 18.3 Å². The molecule has 0 spiro atoms. The smallest absolute Gasteiger partial charge is 0.280 e. The number of aromatic nitrogens is 4. The predicted molar refractivity (Wildman–Crippen MR) is 91.6 cm³/mol. The first-order valence-electron chi connectivity index (χ1n) is 8.66. The molecule has 2 saturated heterocycles. The number of fused-ring (bicyclic) bond motifs is 1. The van der Waals surface area contributed by atoms with Crippen LogP contribution in [0.3, 0.4) is 0 Å². The van der Waals surface area contributed by atoms with E-state index < -0.39 is 36.7 Å². The van der Waals surface area contributed by atoms with E-state index in [-0.39, 0.29) is 17.1 Å². The molecule has 2 fully saturated rings. The van der Waals surface area contributed by atoms with Gasteiger partial charge in [0, 0.05) is 13.1 Å². The van der Waals surface area contributed by atoms with Gasteiger partial charge in [0.25, 0.3) is 5.56 Å². The van der Waals surface area contributed by atoms with Crippen LogP contribution in [0.25, 0.3) is 11.2 Å². The molecule has 0 aromatic carbocycles. The lowest BCUT2D eigenvalue weighted by Gasteiger charge is -2.30. The minimum absolute atomic E-state index is 0.0810. The topological polar surface area (TPSA) is 163 Å². The summed E-state index contributed by atoms with van der Waals surface area (Å²) in [4.78, 5) is 25.3. The highest BCUT2D eigenvalue weighted by Gasteiger charge is 2.45. The van der Waals surface area contributed by atoms with Gasteiger partial charge in [0.05, 0.1) is 6.61 Å². The Kier molecular flexibility index (Phi) is 4.31. The number of nitrogens with two attached hydrogens (primary N) is 1. The van der Waals surface area contributed by atoms with E-state index >= 15 is 0 Å². The van der Waals surface area contributed by atoms with Crippen molar-refractivity contribution >= 4 is 23.1 Å². The minimum Gasteiger partial charge on any atom is -0.394 e. The molecule has 6 N–H and O–H groups in total. The molecule has 0 amide bonds. The summed E-state index contributed by atoms with van der Waals surface area (Å²) in [7, 11) is 0. The van der Waals surface area contributed by atoms with E-state index in [0.717, 1.165) is 32.4 Å². The van der Waals surface area contributed by atoms with Crippen LogP contribution in [0.5, 0.6) is 0 Å². The molecule has 142 valence electrons. The molecule has 4 rings (SSSR count). The van der Waals surface area contributed by atoms with Gasteiger partial charge in [-0.2, -0.15) is 4.98 Å². The van der Waals surface area contributed by atoms with Gasteiger partial charge < -0.3 is 30.7 Å². The van der Waals surface area contributed by atoms with E-state index in [4.69, 9.17) is 10.5 Å². The highest BCUT2D eigenvalue weighted by Crippen LogP contribution is 2.35. The number of aromatic amines is 1. The van der Waals surface area contributed by atoms with Crippen LogP contribution in [0.4, 0.5) is 11.9 Å². The fourth-order valence-electron chi connectivity index (χ4n) is 3.63. The first-order valence-corrected chi connectivity index (χ1v) is 8.66. The van der Waals surface area contributed by atoms with Crippen molar-refractivity contribution in [2.75, 3.05) is 30.3 Å². The third-order valence-corrected chi connectivity index (χ3v) is 4.96. The van der Waals surface area contributed by atoms with Crippen LogP contribution >= 0.6 is 0 Å². The Labute approximate surface area is 148 Å². The van der Waals surface area contributed by atoms with Crippen molar-refractivity contribution in [3.8, 4) is 0 Å². The fraction of sp³-hybridized carbons (Fsp3) is 0.667. The van der Waals surface area contributed by atoms with E-state index in [9.17, 15) is 20.1 Å². The molecule has 0 saturated carbocycles. The Bertz CT molecular complexity index is 860. The van der Waals surface area contributed by atoms with Gasteiger partial charge in [-0.3, -0.25) is 14.3 Å². The Morgan fingerprint density at radius 1 is 1.19 bits per heavy atom. The summed E-state index contributed by atoms with van der Waals surface area (Å²) in [5, 5.41) is 29.9.